The highest BCUT2D eigenvalue weighted by molar-refractivity contribution is 5.43. The van der Waals surface area contributed by atoms with Gasteiger partial charge in [0.2, 0.25) is 0 Å². The average molecular weight is 165 g/mol. The van der Waals surface area contributed by atoms with E-state index in [0.717, 1.165) is 6.54 Å². The van der Waals surface area contributed by atoms with E-state index in [2.05, 4.69) is 55.7 Å². The molecule has 0 N–H and O–H groups in total. The van der Waals surface area contributed by atoms with E-state index < -0.39 is 0 Å². The van der Waals surface area contributed by atoms with Gasteiger partial charge in [0.1, 0.15) is 6.54 Å². The van der Waals surface area contributed by atoms with Gasteiger partial charge < -0.3 is 4.90 Å². The van der Waals surface area contributed by atoms with Crippen LogP contribution in [0, 0.1) is 6.92 Å². The molecule has 0 unspecified atom stereocenters. The van der Waals surface area contributed by atoms with E-state index in [4.69, 9.17) is 0 Å². The largest absolute Gasteiger partial charge is 0.377 e. The molecule has 12 heavy (non-hydrogen) atoms. The number of aromatic nitrogens is 1. The highest BCUT2D eigenvalue weighted by Gasteiger charge is 2.04. The maximum atomic E-state index is 2.23. The van der Waals surface area contributed by atoms with Crippen molar-refractivity contribution in [2.24, 2.45) is 0 Å². The van der Waals surface area contributed by atoms with E-state index in [0.29, 0.717) is 0 Å². The van der Waals surface area contributed by atoms with Crippen LogP contribution in [0.2, 0.25) is 0 Å². The summed E-state index contributed by atoms with van der Waals surface area (Å²) in [6.45, 7) is 5.33. The molecule has 2 heteroatoms. The lowest BCUT2D eigenvalue weighted by Crippen LogP contribution is -2.35. The van der Waals surface area contributed by atoms with Gasteiger partial charge in [0.15, 0.2) is 11.9 Å². The Bertz CT molecular complexity index is 267. The fourth-order valence-electron chi connectivity index (χ4n) is 1.26. The molecule has 1 aromatic rings. The number of pyridine rings is 1. The fourth-order valence-corrected chi connectivity index (χ4v) is 1.26. The second kappa shape index (κ2) is 3.57. The third-order valence-electron chi connectivity index (χ3n) is 2.09. The standard InChI is InChI=1S/C10H17N2/c1-5-12-7-6-10(11(3)4)8-9(12)2/h6-8H,5H2,1-4H3/q+1. The molecule has 0 saturated carbocycles. The first-order valence-corrected chi connectivity index (χ1v) is 4.32. The van der Waals surface area contributed by atoms with Gasteiger partial charge in [-0.25, -0.2) is 4.57 Å². The Hall–Kier alpha value is -1.05. The molecule has 0 saturated heterocycles. The molecule has 1 aromatic heterocycles. The third-order valence-corrected chi connectivity index (χ3v) is 2.09. The van der Waals surface area contributed by atoms with Gasteiger partial charge in [-0.3, -0.25) is 0 Å². The van der Waals surface area contributed by atoms with E-state index in [9.17, 15) is 0 Å². The summed E-state index contributed by atoms with van der Waals surface area (Å²) in [5.41, 5.74) is 2.57. The van der Waals surface area contributed by atoms with Gasteiger partial charge in [0.25, 0.3) is 0 Å². The molecule has 0 radical (unpaired) electrons. The summed E-state index contributed by atoms with van der Waals surface area (Å²) in [5.74, 6) is 0. The van der Waals surface area contributed by atoms with Gasteiger partial charge in [0, 0.05) is 38.8 Å². The molecule has 0 bridgehead atoms. The van der Waals surface area contributed by atoms with Crippen molar-refractivity contribution >= 4 is 5.69 Å². The molecule has 1 rings (SSSR count). The topological polar surface area (TPSA) is 7.12 Å². The molecule has 1 heterocycles. The van der Waals surface area contributed by atoms with Gasteiger partial charge in [-0.15, -0.1) is 0 Å². The van der Waals surface area contributed by atoms with Gasteiger partial charge in [0.05, 0.1) is 0 Å². The highest BCUT2D eigenvalue weighted by atomic mass is 15.1. The number of nitrogens with zero attached hydrogens (tertiary/aromatic N) is 2. The van der Waals surface area contributed by atoms with Crippen LogP contribution in [-0.2, 0) is 6.54 Å². The number of hydrogen-bond acceptors (Lipinski definition) is 1. The van der Waals surface area contributed by atoms with Crippen LogP contribution in [0.25, 0.3) is 0 Å². The average Bonchev–Trinajstić information content (AvgIpc) is 2.04. The minimum atomic E-state index is 1.04. The van der Waals surface area contributed by atoms with Crippen molar-refractivity contribution < 1.29 is 4.57 Å². The summed E-state index contributed by atoms with van der Waals surface area (Å²) >= 11 is 0. The molecule has 66 valence electrons. The van der Waals surface area contributed by atoms with Crippen LogP contribution in [0.1, 0.15) is 12.6 Å². The summed E-state index contributed by atoms with van der Waals surface area (Å²) in [7, 11) is 4.12. The van der Waals surface area contributed by atoms with Crippen molar-refractivity contribution in [1.29, 1.82) is 0 Å². The Balaban J connectivity index is 3.02. The van der Waals surface area contributed by atoms with Crippen LogP contribution < -0.4 is 9.47 Å². The van der Waals surface area contributed by atoms with E-state index in [1.54, 1.807) is 0 Å². The fraction of sp³-hybridized carbons (Fsp3) is 0.500. The zero-order chi connectivity index (χ0) is 9.14. The molecule has 0 aliphatic carbocycles. The van der Waals surface area contributed by atoms with Crippen LogP contribution >= 0.6 is 0 Å². The lowest BCUT2D eigenvalue weighted by Gasteiger charge is -2.11. The minimum absolute atomic E-state index is 1.04. The lowest BCUT2D eigenvalue weighted by molar-refractivity contribution is -0.699. The van der Waals surface area contributed by atoms with Gasteiger partial charge in [-0.2, -0.15) is 0 Å². The number of hydrogen-bond donors (Lipinski definition) is 0. The molecule has 0 amide bonds. The number of rotatable bonds is 2. The minimum Gasteiger partial charge on any atom is -0.377 e. The Morgan fingerprint density at radius 2 is 2.08 bits per heavy atom. The highest BCUT2D eigenvalue weighted by Crippen LogP contribution is 2.08. The summed E-state index contributed by atoms with van der Waals surface area (Å²) in [5, 5.41) is 0. The van der Waals surface area contributed by atoms with Crippen LogP contribution in [-0.4, -0.2) is 14.1 Å². The van der Waals surface area contributed by atoms with Crippen LogP contribution in [0.4, 0.5) is 5.69 Å². The molecule has 0 atom stereocenters. The smallest absolute Gasteiger partial charge is 0.180 e. The lowest BCUT2D eigenvalue weighted by atomic mass is 10.3. The zero-order valence-corrected chi connectivity index (χ0v) is 8.33. The Kier molecular flexibility index (Phi) is 2.69. The van der Waals surface area contributed by atoms with Crippen molar-refractivity contribution in [3.63, 3.8) is 0 Å². The Morgan fingerprint density at radius 1 is 1.42 bits per heavy atom. The number of aryl methyl sites for hydroxylation is 2. The molecule has 0 fully saturated rings. The predicted molar refractivity (Wildman–Crippen MR) is 51.4 cm³/mol. The van der Waals surface area contributed by atoms with Crippen molar-refractivity contribution in [3.8, 4) is 0 Å². The van der Waals surface area contributed by atoms with Crippen LogP contribution in [0.5, 0.6) is 0 Å². The van der Waals surface area contributed by atoms with Gasteiger partial charge >= 0.3 is 0 Å². The van der Waals surface area contributed by atoms with Gasteiger partial charge in [-0.1, -0.05) is 0 Å². The normalized spacial score (nSPS) is 10.0. The molecule has 0 aliphatic heterocycles. The van der Waals surface area contributed by atoms with E-state index in [1.807, 2.05) is 0 Å². The predicted octanol–water partition coefficient (Wildman–Crippen LogP) is 1.37. The summed E-state index contributed by atoms with van der Waals surface area (Å²) in [6, 6.07) is 4.33. The summed E-state index contributed by atoms with van der Waals surface area (Å²) in [4.78, 5) is 2.12. The zero-order valence-electron chi connectivity index (χ0n) is 8.33. The van der Waals surface area contributed by atoms with E-state index in [1.165, 1.54) is 11.4 Å². The first-order valence-electron chi connectivity index (χ1n) is 4.32. The first kappa shape index (κ1) is 9.04. The van der Waals surface area contributed by atoms with Crippen molar-refractivity contribution in [3.05, 3.63) is 24.0 Å². The quantitative estimate of drug-likeness (QED) is 0.600. The second-order valence-electron chi connectivity index (χ2n) is 3.21. The summed E-state index contributed by atoms with van der Waals surface area (Å²) < 4.78 is 2.23. The molecule has 0 aliphatic rings. The van der Waals surface area contributed by atoms with Crippen molar-refractivity contribution in [1.82, 2.24) is 0 Å². The van der Waals surface area contributed by atoms with Gasteiger partial charge in [-0.05, 0) is 6.92 Å². The van der Waals surface area contributed by atoms with Crippen LogP contribution in [0.15, 0.2) is 18.3 Å². The van der Waals surface area contributed by atoms with E-state index >= 15 is 0 Å². The van der Waals surface area contributed by atoms with Crippen LogP contribution in [0.3, 0.4) is 0 Å². The second-order valence-corrected chi connectivity index (χ2v) is 3.21. The van der Waals surface area contributed by atoms with Crippen molar-refractivity contribution in [2.45, 2.75) is 20.4 Å². The molecule has 0 aromatic carbocycles. The molecular formula is C10H17N2+. The maximum Gasteiger partial charge on any atom is 0.180 e. The summed E-state index contributed by atoms with van der Waals surface area (Å²) in [6.07, 6.45) is 2.13. The number of anilines is 1. The van der Waals surface area contributed by atoms with Crippen molar-refractivity contribution in [2.75, 3.05) is 19.0 Å². The first-order chi connectivity index (χ1) is 5.65. The molecular weight excluding hydrogens is 148 g/mol. The third kappa shape index (κ3) is 1.76. The van der Waals surface area contributed by atoms with E-state index in [-0.39, 0.29) is 0 Å². The Morgan fingerprint density at radius 3 is 2.50 bits per heavy atom. The molecule has 0 spiro atoms. The maximum absolute atomic E-state index is 2.23. The Labute approximate surface area is 74.4 Å². The monoisotopic (exact) mass is 165 g/mol. The molecule has 2 nitrogen and oxygen atoms in total. The SMILES string of the molecule is CC[n+]1ccc(N(C)C)cc1C.